The van der Waals surface area contributed by atoms with E-state index in [4.69, 9.17) is 16.3 Å². The molecule has 3 rings (SSSR count). The van der Waals surface area contributed by atoms with Gasteiger partial charge in [-0.2, -0.15) is 0 Å². The zero-order valence-corrected chi connectivity index (χ0v) is 16.7. The van der Waals surface area contributed by atoms with Crippen LogP contribution in [0.1, 0.15) is 25.3 Å². The molecule has 2 fully saturated rings. The SMILES string of the molecule is CN=C(NCC(C)CN1CCOCC1)NCC1(c2cccc(Cl)c2)CC1. The largest absolute Gasteiger partial charge is 0.379 e. The standard InChI is InChI=1S/C20H31ClN4O/c1-16(14-25-8-10-26-11-9-25)13-23-19(22-2)24-15-20(6-7-20)17-4-3-5-18(21)12-17/h3-5,12,16H,6-11,13-15H2,1-2H3,(H2,22,23,24). The van der Waals surface area contributed by atoms with Crippen LogP contribution in [0.25, 0.3) is 0 Å². The lowest BCUT2D eigenvalue weighted by molar-refractivity contribution is 0.0320. The Bertz CT molecular complexity index is 612. The Balaban J connectivity index is 1.43. The van der Waals surface area contributed by atoms with Crippen molar-refractivity contribution in [2.45, 2.75) is 25.2 Å². The summed E-state index contributed by atoms with van der Waals surface area (Å²) in [6.07, 6.45) is 2.40. The van der Waals surface area contributed by atoms with Gasteiger partial charge in [-0.1, -0.05) is 30.7 Å². The Morgan fingerprint density at radius 3 is 2.73 bits per heavy atom. The zero-order valence-electron chi connectivity index (χ0n) is 15.9. The van der Waals surface area contributed by atoms with Crippen molar-refractivity contribution < 1.29 is 4.74 Å². The fraction of sp³-hybridized carbons (Fsp3) is 0.650. The minimum absolute atomic E-state index is 0.210. The second-order valence-electron chi connectivity index (χ2n) is 7.62. The maximum Gasteiger partial charge on any atom is 0.191 e. The molecule has 144 valence electrons. The monoisotopic (exact) mass is 378 g/mol. The highest BCUT2D eigenvalue weighted by atomic mass is 35.5. The highest BCUT2D eigenvalue weighted by Crippen LogP contribution is 2.48. The lowest BCUT2D eigenvalue weighted by Crippen LogP contribution is -2.45. The topological polar surface area (TPSA) is 48.9 Å². The van der Waals surface area contributed by atoms with E-state index in [0.717, 1.165) is 56.9 Å². The van der Waals surface area contributed by atoms with Gasteiger partial charge >= 0.3 is 0 Å². The predicted molar refractivity (Wildman–Crippen MR) is 108 cm³/mol. The molecule has 1 aliphatic heterocycles. The van der Waals surface area contributed by atoms with Crippen LogP contribution in [0.15, 0.2) is 29.3 Å². The second kappa shape index (κ2) is 9.07. The lowest BCUT2D eigenvalue weighted by atomic mass is 9.96. The third kappa shape index (κ3) is 5.35. The molecule has 0 radical (unpaired) electrons. The Hall–Kier alpha value is -1.30. The molecule has 2 N–H and O–H groups in total. The van der Waals surface area contributed by atoms with Crippen LogP contribution in [0.3, 0.4) is 0 Å². The molecule has 1 unspecified atom stereocenters. The lowest BCUT2D eigenvalue weighted by Gasteiger charge is -2.29. The van der Waals surface area contributed by atoms with E-state index in [0.29, 0.717) is 5.92 Å². The van der Waals surface area contributed by atoms with Gasteiger partial charge in [-0.25, -0.2) is 0 Å². The van der Waals surface area contributed by atoms with E-state index in [-0.39, 0.29) is 5.41 Å². The molecule has 0 aromatic heterocycles. The average molecular weight is 379 g/mol. The van der Waals surface area contributed by atoms with E-state index >= 15 is 0 Å². The molecule has 6 heteroatoms. The molecular weight excluding hydrogens is 348 g/mol. The molecule has 1 aliphatic carbocycles. The van der Waals surface area contributed by atoms with Gasteiger partial charge in [0, 0.05) is 50.2 Å². The van der Waals surface area contributed by atoms with E-state index < -0.39 is 0 Å². The van der Waals surface area contributed by atoms with Crippen molar-refractivity contribution in [3.05, 3.63) is 34.9 Å². The van der Waals surface area contributed by atoms with Crippen molar-refractivity contribution in [2.24, 2.45) is 10.9 Å². The summed E-state index contributed by atoms with van der Waals surface area (Å²) < 4.78 is 5.42. The number of nitrogens with zero attached hydrogens (tertiary/aromatic N) is 2. The van der Waals surface area contributed by atoms with Crippen LogP contribution >= 0.6 is 11.6 Å². The first-order chi connectivity index (χ1) is 12.6. The maximum absolute atomic E-state index is 6.16. The van der Waals surface area contributed by atoms with Gasteiger partial charge in [-0.15, -0.1) is 0 Å². The van der Waals surface area contributed by atoms with Crippen LogP contribution in [0.5, 0.6) is 0 Å². The molecule has 0 spiro atoms. The van der Waals surface area contributed by atoms with Crippen LogP contribution < -0.4 is 10.6 Å². The molecule has 5 nitrogen and oxygen atoms in total. The first-order valence-electron chi connectivity index (χ1n) is 9.62. The summed E-state index contributed by atoms with van der Waals surface area (Å²) in [5, 5.41) is 7.80. The van der Waals surface area contributed by atoms with Gasteiger partial charge in [-0.05, 0) is 36.5 Å². The van der Waals surface area contributed by atoms with Crippen molar-refractivity contribution in [2.75, 3.05) is 53.0 Å². The molecule has 1 aromatic rings. The smallest absolute Gasteiger partial charge is 0.191 e. The number of rotatable bonds is 7. The summed E-state index contributed by atoms with van der Waals surface area (Å²) in [6.45, 7) is 8.98. The van der Waals surface area contributed by atoms with E-state index in [1.165, 1.54) is 18.4 Å². The van der Waals surface area contributed by atoms with Crippen LogP contribution in [-0.2, 0) is 10.2 Å². The molecule has 1 aromatic carbocycles. The molecule has 1 saturated heterocycles. The predicted octanol–water partition coefficient (Wildman–Crippen LogP) is 2.50. The highest BCUT2D eigenvalue weighted by molar-refractivity contribution is 6.30. The number of benzene rings is 1. The Labute approximate surface area is 162 Å². The molecular formula is C20H31ClN4O. The number of aliphatic imine (C=N–C) groups is 1. The van der Waals surface area contributed by atoms with Gasteiger partial charge in [0.25, 0.3) is 0 Å². The number of hydrogen-bond acceptors (Lipinski definition) is 3. The van der Waals surface area contributed by atoms with Gasteiger partial charge in [0.05, 0.1) is 13.2 Å². The number of guanidine groups is 1. The van der Waals surface area contributed by atoms with Gasteiger partial charge in [0.15, 0.2) is 5.96 Å². The van der Waals surface area contributed by atoms with Crippen molar-refractivity contribution in [3.8, 4) is 0 Å². The highest BCUT2D eigenvalue weighted by Gasteiger charge is 2.44. The zero-order chi connectivity index (χ0) is 18.4. The van der Waals surface area contributed by atoms with Crippen molar-refractivity contribution >= 4 is 17.6 Å². The van der Waals surface area contributed by atoms with Crippen molar-refractivity contribution in [1.29, 1.82) is 0 Å². The molecule has 1 heterocycles. The van der Waals surface area contributed by atoms with Crippen LogP contribution in [-0.4, -0.2) is 63.8 Å². The Kier molecular flexibility index (Phi) is 6.79. The minimum atomic E-state index is 0.210. The summed E-state index contributed by atoms with van der Waals surface area (Å²) in [5.74, 6) is 1.45. The van der Waals surface area contributed by atoms with E-state index in [1.54, 1.807) is 0 Å². The number of ether oxygens (including phenoxy) is 1. The molecule has 1 atom stereocenters. The average Bonchev–Trinajstić information content (AvgIpc) is 3.44. The van der Waals surface area contributed by atoms with Crippen LogP contribution in [0.4, 0.5) is 0 Å². The summed E-state index contributed by atoms with van der Waals surface area (Å²) in [7, 11) is 1.83. The number of morpholine rings is 1. The van der Waals surface area contributed by atoms with E-state index in [2.05, 4.69) is 39.6 Å². The normalized spacial score (nSPS) is 21.3. The van der Waals surface area contributed by atoms with Crippen molar-refractivity contribution in [3.63, 3.8) is 0 Å². The number of hydrogen-bond donors (Lipinski definition) is 2. The fourth-order valence-corrected chi connectivity index (χ4v) is 3.76. The first kappa shape index (κ1) is 19.5. The Morgan fingerprint density at radius 1 is 1.31 bits per heavy atom. The Morgan fingerprint density at radius 2 is 2.08 bits per heavy atom. The van der Waals surface area contributed by atoms with Crippen LogP contribution in [0.2, 0.25) is 5.02 Å². The third-order valence-electron chi connectivity index (χ3n) is 5.40. The second-order valence-corrected chi connectivity index (χ2v) is 8.05. The molecule has 26 heavy (non-hydrogen) atoms. The van der Waals surface area contributed by atoms with Gasteiger partial charge in [0.2, 0.25) is 0 Å². The maximum atomic E-state index is 6.16. The van der Waals surface area contributed by atoms with E-state index in [1.807, 2.05) is 19.2 Å². The van der Waals surface area contributed by atoms with Gasteiger partial charge < -0.3 is 15.4 Å². The minimum Gasteiger partial charge on any atom is -0.379 e. The fourth-order valence-electron chi connectivity index (χ4n) is 3.57. The summed E-state index contributed by atoms with van der Waals surface area (Å²) >= 11 is 6.16. The first-order valence-corrected chi connectivity index (χ1v) is 10.00. The molecule has 1 saturated carbocycles. The summed E-state index contributed by atoms with van der Waals surface area (Å²) in [5.41, 5.74) is 1.54. The molecule has 0 amide bonds. The summed E-state index contributed by atoms with van der Waals surface area (Å²) in [6, 6.07) is 8.25. The quantitative estimate of drug-likeness (QED) is 0.565. The van der Waals surface area contributed by atoms with E-state index in [9.17, 15) is 0 Å². The summed E-state index contributed by atoms with van der Waals surface area (Å²) in [4.78, 5) is 6.86. The van der Waals surface area contributed by atoms with Gasteiger partial charge in [-0.3, -0.25) is 9.89 Å². The van der Waals surface area contributed by atoms with Gasteiger partial charge in [0.1, 0.15) is 0 Å². The third-order valence-corrected chi connectivity index (χ3v) is 5.64. The number of nitrogens with one attached hydrogen (secondary N) is 2. The number of halogens is 1. The van der Waals surface area contributed by atoms with Crippen molar-refractivity contribution in [1.82, 2.24) is 15.5 Å². The van der Waals surface area contributed by atoms with Crippen LogP contribution in [0, 0.1) is 5.92 Å². The molecule has 0 bridgehead atoms. The molecule has 2 aliphatic rings.